The van der Waals surface area contributed by atoms with Crippen LogP contribution in [0.4, 0.5) is 5.13 Å². The molecule has 4 rings (SSSR count). The number of quaternary nitrogens is 1. The van der Waals surface area contributed by atoms with Gasteiger partial charge in [0.05, 0.1) is 41.6 Å². The number of fused-ring (bicyclic) bond motifs is 1. The number of hydrogen-bond acceptors (Lipinski definition) is 5. The van der Waals surface area contributed by atoms with Crippen LogP contribution >= 0.6 is 11.3 Å². The number of rotatable bonds is 6. The van der Waals surface area contributed by atoms with Crippen LogP contribution in [0.15, 0.2) is 42.5 Å². The molecule has 30 heavy (non-hydrogen) atoms. The third-order valence-corrected chi connectivity index (χ3v) is 6.50. The zero-order valence-electron chi connectivity index (χ0n) is 17.1. The van der Waals surface area contributed by atoms with Gasteiger partial charge in [0.25, 0.3) is 5.91 Å². The number of hydrogen-bond donors (Lipinski definition) is 1. The van der Waals surface area contributed by atoms with Crippen LogP contribution in [0, 0.1) is 18.3 Å². The number of thiazole rings is 1. The maximum atomic E-state index is 13.4. The van der Waals surface area contributed by atoms with Crippen LogP contribution in [0.25, 0.3) is 10.2 Å². The lowest BCUT2D eigenvalue weighted by Gasteiger charge is -2.25. The highest BCUT2D eigenvalue weighted by Gasteiger charge is 2.23. The molecule has 1 N–H and O–H groups in total. The fourth-order valence-electron chi connectivity index (χ4n) is 3.71. The van der Waals surface area contributed by atoms with E-state index >= 15 is 0 Å². The van der Waals surface area contributed by atoms with Gasteiger partial charge in [0.1, 0.15) is 13.1 Å². The fourth-order valence-corrected chi connectivity index (χ4v) is 4.78. The topological polar surface area (TPSA) is 70.7 Å². The quantitative estimate of drug-likeness (QED) is 0.664. The molecule has 1 amide bonds. The van der Waals surface area contributed by atoms with Crippen molar-refractivity contribution in [1.29, 1.82) is 5.26 Å². The van der Waals surface area contributed by atoms with E-state index in [9.17, 15) is 4.79 Å². The van der Waals surface area contributed by atoms with Crippen molar-refractivity contribution < 1.29 is 14.4 Å². The molecule has 154 valence electrons. The molecule has 0 saturated carbocycles. The summed E-state index contributed by atoms with van der Waals surface area (Å²) < 4.78 is 6.52. The van der Waals surface area contributed by atoms with E-state index < -0.39 is 0 Å². The predicted molar refractivity (Wildman–Crippen MR) is 118 cm³/mol. The highest BCUT2D eigenvalue weighted by atomic mass is 32.1. The van der Waals surface area contributed by atoms with Gasteiger partial charge in [-0.3, -0.25) is 9.69 Å². The molecule has 2 aromatic carbocycles. The third-order valence-electron chi connectivity index (χ3n) is 5.46. The number of para-hydroxylation sites is 1. The first-order valence-electron chi connectivity index (χ1n) is 10.3. The normalized spacial score (nSPS) is 14.5. The van der Waals surface area contributed by atoms with Crippen LogP contribution < -0.4 is 9.80 Å². The number of ether oxygens (including phenoxy) is 1. The van der Waals surface area contributed by atoms with E-state index in [2.05, 4.69) is 6.07 Å². The van der Waals surface area contributed by atoms with Gasteiger partial charge in [-0.2, -0.15) is 5.26 Å². The minimum atomic E-state index is -0.0758. The number of morpholine rings is 1. The molecular weight excluding hydrogens is 396 g/mol. The highest BCUT2D eigenvalue weighted by molar-refractivity contribution is 7.22. The third kappa shape index (κ3) is 4.51. The number of aromatic nitrogens is 1. The Labute approximate surface area is 180 Å². The molecule has 3 aromatic rings. The molecular formula is C23H25N4O2S+. The summed E-state index contributed by atoms with van der Waals surface area (Å²) in [7, 11) is 0. The Morgan fingerprint density at radius 2 is 2.00 bits per heavy atom. The molecule has 1 saturated heterocycles. The number of nitrogens with one attached hydrogen (secondary N) is 1. The molecule has 6 nitrogen and oxygen atoms in total. The van der Waals surface area contributed by atoms with Crippen LogP contribution in [0.5, 0.6) is 0 Å². The molecule has 0 aliphatic carbocycles. The van der Waals surface area contributed by atoms with Crippen LogP contribution in [0.1, 0.15) is 27.9 Å². The van der Waals surface area contributed by atoms with E-state index in [4.69, 9.17) is 15.0 Å². The van der Waals surface area contributed by atoms with Gasteiger partial charge in [-0.1, -0.05) is 23.5 Å². The summed E-state index contributed by atoms with van der Waals surface area (Å²) in [6.45, 7) is 7.31. The number of carbonyl (C=O) groups is 1. The van der Waals surface area contributed by atoms with Crippen molar-refractivity contribution >= 4 is 32.6 Å². The summed E-state index contributed by atoms with van der Waals surface area (Å²) in [5.41, 5.74) is 3.18. The maximum absolute atomic E-state index is 13.4. The lowest BCUT2D eigenvalue weighted by molar-refractivity contribution is -0.908. The van der Waals surface area contributed by atoms with Crippen molar-refractivity contribution in [3.63, 3.8) is 0 Å². The van der Waals surface area contributed by atoms with Gasteiger partial charge >= 0.3 is 0 Å². The van der Waals surface area contributed by atoms with Gasteiger partial charge in [0.15, 0.2) is 5.13 Å². The Hall–Kier alpha value is -2.79. The van der Waals surface area contributed by atoms with Gasteiger partial charge in [0.2, 0.25) is 0 Å². The Balaban J connectivity index is 1.58. The summed E-state index contributed by atoms with van der Waals surface area (Å²) in [5.74, 6) is -0.0758. The molecule has 0 radical (unpaired) electrons. The number of nitriles is 1. The van der Waals surface area contributed by atoms with Gasteiger partial charge in [-0.15, -0.1) is 0 Å². The van der Waals surface area contributed by atoms with Gasteiger partial charge in [0, 0.05) is 18.5 Å². The van der Waals surface area contributed by atoms with Crippen molar-refractivity contribution in [1.82, 2.24) is 4.98 Å². The molecule has 1 aliphatic rings. The average molecular weight is 422 g/mol. The van der Waals surface area contributed by atoms with Crippen molar-refractivity contribution in [2.75, 3.05) is 44.3 Å². The SMILES string of the molecule is Cc1cccc2sc(N(CCC[NH+]3CCOCC3)C(=O)c3ccc(C#N)cc3)nc12. The van der Waals surface area contributed by atoms with Crippen LogP contribution in [-0.4, -0.2) is 50.3 Å². The second kappa shape index (κ2) is 9.35. The Morgan fingerprint density at radius 1 is 1.23 bits per heavy atom. The molecule has 1 fully saturated rings. The van der Waals surface area contributed by atoms with Gasteiger partial charge < -0.3 is 9.64 Å². The maximum Gasteiger partial charge on any atom is 0.260 e. The predicted octanol–water partition coefficient (Wildman–Crippen LogP) is 2.43. The zero-order chi connectivity index (χ0) is 20.9. The highest BCUT2D eigenvalue weighted by Crippen LogP contribution is 2.31. The van der Waals surface area contributed by atoms with Crippen molar-refractivity contribution in [3.05, 3.63) is 59.2 Å². The van der Waals surface area contributed by atoms with E-state index in [1.807, 2.05) is 25.1 Å². The van der Waals surface area contributed by atoms with E-state index in [0.717, 1.165) is 60.2 Å². The number of anilines is 1. The summed E-state index contributed by atoms with van der Waals surface area (Å²) in [4.78, 5) is 21.5. The minimum absolute atomic E-state index is 0.0758. The smallest absolute Gasteiger partial charge is 0.260 e. The number of carbonyl (C=O) groups excluding carboxylic acids is 1. The minimum Gasteiger partial charge on any atom is -0.370 e. The Morgan fingerprint density at radius 3 is 2.70 bits per heavy atom. The largest absolute Gasteiger partial charge is 0.370 e. The molecule has 7 heteroatoms. The van der Waals surface area contributed by atoms with Crippen LogP contribution in [-0.2, 0) is 4.74 Å². The fraction of sp³-hybridized carbons (Fsp3) is 0.348. The second-order valence-corrected chi connectivity index (χ2v) is 8.54. The molecule has 1 aliphatic heterocycles. The van der Waals surface area contributed by atoms with Crippen LogP contribution in [0.2, 0.25) is 0 Å². The monoisotopic (exact) mass is 421 g/mol. The first-order chi connectivity index (χ1) is 14.7. The van der Waals surface area contributed by atoms with Crippen molar-refractivity contribution in [2.45, 2.75) is 13.3 Å². The number of benzene rings is 2. The molecule has 0 spiro atoms. The average Bonchev–Trinajstić information content (AvgIpc) is 3.22. The molecule has 0 bridgehead atoms. The van der Waals surface area contributed by atoms with Gasteiger partial charge in [-0.25, -0.2) is 4.98 Å². The summed E-state index contributed by atoms with van der Waals surface area (Å²) in [6.07, 6.45) is 0.895. The number of nitrogens with zero attached hydrogens (tertiary/aromatic N) is 3. The zero-order valence-corrected chi connectivity index (χ0v) is 17.9. The number of amides is 1. The molecule has 1 aromatic heterocycles. The van der Waals surface area contributed by atoms with E-state index in [1.165, 1.54) is 4.90 Å². The summed E-state index contributed by atoms with van der Waals surface area (Å²) in [5, 5.41) is 9.76. The van der Waals surface area contributed by atoms with E-state index in [-0.39, 0.29) is 5.91 Å². The first-order valence-corrected chi connectivity index (χ1v) is 11.1. The van der Waals surface area contributed by atoms with Crippen molar-refractivity contribution in [3.8, 4) is 6.07 Å². The summed E-state index contributed by atoms with van der Waals surface area (Å²) >= 11 is 1.55. The Bertz CT molecular complexity index is 1060. The number of aryl methyl sites for hydroxylation is 1. The van der Waals surface area contributed by atoms with E-state index in [1.54, 1.807) is 40.5 Å². The molecule has 0 unspecified atom stereocenters. The lowest BCUT2D eigenvalue weighted by Crippen LogP contribution is -3.14. The molecule has 2 heterocycles. The van der Waals surface area contributed by atoms with Gasteiger partial charge in [-0.05, 0) is 42.8 Å². The summed E-state index contributed by atoms with van der Waals surface area (Å²) in [6, 6.07) is 15.0. The first kappa shape index (κ1) is 20.5. The standard InChI is InChI=1S/C23H24N4O2S/c1-17-4-2-5-20-21(17)25-23(30-20)27(11-3-10-26-12-14-29-15-13-26)22(28)19-8-6-18(16-24)7-9-19/h2,4-9H,3,10-15H2,1H3/p+1. The Kier molecular flexibility index (Phi) is 6.38. The van der Waals surface area contributed by atoms with Crippen molar-refractivity contribution in [2.24, 2.45) is 0 Å². The van der Waals surface area contributed by atoms with E-state index in [0.29, 0.717) is 17.7 Å². The van der Waals surface area contributed by atoms with Crippen LogP contribution in [0.3, 0.4) is 0 Å². The second-order valence-electron chi connectivity index (χ2n) is 7.53. The lowest BCUT2D eigenvalue weighted by atomic mass is 10.1. The molecule has 0 atom stereocenters.